The maximum Gasteiger partial charge on any atom is 0.322 e. The number of likely N-dealkylation sites (N-methyl/N-ethyl adjacent to an activating group) is 1. The van der Waals surface area contributed by atoms with Gasteiger partial charge in [0.05, 0.1) is 36.6 Å². The lowest BCUT2D eigenvalue weighted by Gasteiger charge is -2.39. The molecule has 1 aliphatic heterocycles. The van der Waals surface area contributed by atoms with Crippen LogP contribution in [-0.4, -0.2) is 103 Å². The van der Waals surface area contributed by atoms with Gasteiger partial charge in [-0.15, -0.1) is 0 Å². The fraction of sp³-hybridized carbons (Fsp3) is 0.840. The second kappa shape index (κ2) is 15.1. The summed E-state index contributed by atoms with van der Waals surface area (Å²) in [4.78, 5) is 53.0. The zero-order valence-corrected chi connectivity index (χ0v) is 22.9. The van der Waals surface area contributed by atoms with Crippen LogP contribution in [0.5, 0.6) is 0 Å². The monoisotopic (exact) mass is 514 g/mol. The van der Waals surface area contributed by atoms with Gasteiger partial charge in [-0.1, -0.05) is 27.2 Å². The van der Waals surface area contributed by atoms with Crippen molar-refractivity contribution in [1.82, 2.24) is 15.1 Å². The molecular formula is C25H46N4O7. The molecule has 0 aliphatic carbocycles. The zero-order valence-electron chi connectivity index (χ0n) is 22.9. The maximum atomic E-state index is 13.5. The number of carbonyl (C=O) groups is 4. The number of rotatable bonds is 15. The van der Waals surface area contributed by atoms with Crippen molar-refractivity contribution in [2.45, 2.75) is 90.1 Å². The molecule has 11 heteroatoms. The number of hydrogen-bond acceptors (Lipinski definition) is 7. The quantitative estimate of drug-likeness (QED) is 0.291. The first-order valence-electron chi connectivity index (χ1n) is 12.7. The highest BCUT2D eigenvalue weighted by atomic mass is 16.5. The fourth-order valence-electron chi connectivity index (χ4n) is 5.07. The van der Waals surface area contributed by atoms with E-state index in [1.54, 1.807) is 37.8 Å². The van der Waals surface area contributed by atoms with E-state index in [-0.39, 0.29) is 48.7 Å². The van der Waals surface area contributed by atoms with Gasteiger partial charge in [-0.2, -0.15) is 0 Å². The average Bonchev–Trinajstić information content (AvgIpc) is 3.31. The first kappa shape index (κ1) is 31.8. The Morgan fingerprint density at radius 1 is 1.14 bits per heavy atom. The minimum Gasteiger partial charge on any atom is -0.480 e. The van der Waals surface area contributed by atoms with E-state index in [1.807, 2.05) is 13.8 Å². The van der Waals surface area contributed by atoms with Gasteiger partial charge in [-0.3, -0.25) is 19.2 Å². The van der Waals surface area contributed by atoms with Crippen molar-refractivity contribution < 1.29 is 33.8 Å². The second-order valence-corrected chi connectivity index (χ2v) is 9.94. The molecule has 0 unspecified atom stereocenters. The molecule has 0 aromatic heterocycles. The summed E-state index contributed by atoms with van der Waals surface area (Å²) in [5.74, 6) is -2.36. The normalized spacial score (nSPS) is 20.7. The van der Waals surface area contributed by atoms with E-state index in [4.69, 9.17) is 20.3 Å². The molecule has 7 atom stereocenters. The van der Waals surface area contributed by atoms with Crippen molar-refractivity contribution in [1.29, 1.82) is 0 Å². The van der Waals surface area contributed by atoms with E-state index >= 15 is 0 Å². The standard InChI is InChI=1S/C25H46N4O7/c1-8-15(2)23(28(5)20(30)12-16(3)26)19(35-6)13-21(31)29-11-9-10-18(29)24(36-7)17(4)25(34)27-14-22(32)33/h15-19,23-24H,8-14,26H2,1-7H3,(H,27,34)(H,32,33)/t15-,16-,17+,18-,19+,23-,24+/m0/s1. The smallest absolute Gasteiger partial charge is 0.322 e. The summed E-state index contributed by atoms with van der Waals surface area (Å²) in [6.07, 6.45) is 1.40. The Balaban J connectivity index is 3.05. The molecule has 0 spiro atoms. The van der Waals surface area contributed by atoms with Crippen molar-refractivity contribution in [3.63, 3.8) is 0 Å². The van der Waals surface area contributed by atoms with E-state index in [0.717, 1.165) is 12.8 Å². The molecule has 3 amide bonds. The first-order valence-corrected chi connectivity index (χ1v) is 12.7. The molecular weight excluding hydrogens is 468 g/mol. The molecule has 1 aliphatic rings. The number of ether oxygens (including phenoxy) is 2. The molecule has 36 heavy (non-hydrogen) atoms. The second-order valence-electron chi connectivity index (χ2n) is 9.94. The van der Waals surface area contributed by atoms with E-state index in [9.17, 15) is 19.2 Å². The van der Waals surface area contributed by atoms with Crippen LogP contribution in [0.4, 0.5) is 0 Å². The van der Waals surface area contributed by atoms with Crippen LogP contribution in [0, 0.1) is 11.8 Å². The van der Waals surface area contributed by atoms with Crippen molar-refractivity contribution in [2.24, 2.45) is 17.6 Å². The van der Waals surface area contributed by atoms with Gasteiger partial charge in [0.2, 0.25) is 17.7 Å². The number of aliphatic carboxylic acids is 1. The lowest BCUT2D eigenvalue weighted by Crippen LogP contribution is -2.53. The van der Waals surface area contributed by atoms with Gasteiger partial charge in [0.25, 0.3) is 0 Å². The highest BCUT2D eigenvalue weighted by Gasteiger charge is 2.41. The van der Waals surface area contributed by atoms with Crippen molar-refractivity contribution >= 4 is 23.7 Å². The summed E-state index contributed by atoms with van der Waals surface area (Å²) in [5.41, 5.74) is 5.84. The predicted molar refractivity (Wildman–Crippen MR) is 135 cm³/mol. The highest BCUT2D eigenvalue weighted by molar-refractivity contribution is 5.83. The Morgan fingerprint density at radius 2 is 1.78 bits per heavy atom. The van der Waals surface area contributed by atoms with Crippen LogP contribution >= 0.6 is 0 Å². The number of nitrogens with two attached hydrogens (primary N) is 1. The SMILES string of the molecule is CC[C@H](C)[C@@H]([C@@H](CC(=O)N1CCC[C@H]1[C@H](OC)[C@@H](C)C(=O)NCC(=O)O)OC)N(C)C(=O)C[C@H](C)N. The Labute approximate surface area is 215 Å². The van der Waals surface area contributed by atoms with Crippen LogP contribution in [0.25, 0.3) is 0 Å². The zero-order chi connectivity index (χ0) is 27.6. The summed E-state index contributed by atoms with van der Waals surface area (Å²) in [7, 11) is 4.77. The topological polar surface area (TPSA) is 152 Å². The minimum atomic E-state index is -1.13. The van der Waals surface area contributed by atoms with Gasteiger partial charge in [0, 0.05) is 40.3 Å². The summed E-state index contributed by atoms with van der Waals surface area (Å²) in [6.45, 7) is 7.57. The van der Waals surface area contributed by atoms with Gasteiger partial charge in [-0.25, -0.2) is 0 Å². The Bertz CT molecular complexity index is 748. The molecule has 1 rings (SSSR count). The summed E-state index contributed by atoms with van der Waals surface area (Å²) >= 11 is 0. The van der Waals surface area contributed by atoms with Crippen LogP contribution in [-0.2, 0) is 28.7 Å². The van der Waals surface area contributed by atoms with Gasteiger partial charge >= 0.3 is 5.97 Å². The van der Waals surface area contributed by atoms with Crippen LogP contribution < -0.4 is 11.1 Å². The van der Waals surface area contributed by atoms with Crippen molar-refractivity contribution in [3.8, 4) is 0 Å². The molecule has 0 bridgehead atoms. The third-order valence-corrected chi connectivity index (χ3v) is 7.21. The fourth-order valence-corrected chi connectivity index (χ4v) is 5.07. The van der Waals surface area contributed by atoms with Gasteiger partial charge < -0.3 is 35.4 Å². The van der Waals surface area contributed by atoms with Gasteiger partial charge in [0.15, 0.2) is 0 Å². The average molecular weight is 515 g/mol. The third kappa shape index (κ3) is 8.70. The Kier molecular flexibility index (Phi) is 13.3. The highest BCUT2D eigenvalue weighted by Crippen LogP contribution is 2.29. The van der Waals surface area contributed by atoms with Crippen molar-refractivity contribution in [3.05, 3.63) is 0 Å². The molecule has 208 valence electrons. The Hall–Kier alpha value is -2.24. The van der Waals surface area contributed by atoms with Crippen LogP contribution in [0.2, 0.25) is 0 Å². The number of methoxy groups -OCH3 is 2. The van der Waals surface area contributed by atoms with E-state index in [1.165, 1.54) is 7.11 Å². The lowest BCUT2D eigenvalue weighted by atomic mass is 9.90. The van der Waals surface area contributed by atoms with Crippen LogP contribution in [0.15, 0.2) is 0 Å². The number of carbonyl (C=O) groups excluding carboxylic acids is 3. The molecule has 0 saturated carbocycles. The summed E-state index contributed by atoms with van der Waals surface area (Å²) < 4.78 is 11.4. The molecule has 1 heterocycles. The molecule has 4 N–H and O–H groups in total. The lowest BCUT2D eigenvalue weighted by molar-refractivity contribution is -0.146. The van der Waals surface area contributed by atoms with E-state index in [2.05, 4.69) is 5.32 Å². The van der Waals surface area contributed by atoms with E-state index < -0.39 is 36.5 Å². The number of nitrogens with zero attached hydrogens (tertiary/aromatic N) is 2. The van der Waals surface area contributed by atoms with E-state index in [0.29, 0.717) is 13.0 Å². The Morgan fingerprint density at radius 3 is 2.28 bits per heavy atom. The number of amides is 3. The number of nitrogens with one attached hydrogen (secondary N) is 1. The maximum absolute atomic E-state index is 13.5. The van der Waals surface area contributed by atoms with Crippen LogP contribution in [0.1, 0.15) is 59.8 Å². The van der Waals surface area contributed by atoms with Gasteiger partial charge in [0.1, 0.15) is 6.54 Å². The molecule has 0 radical (unpaired) electrons. The first-order chi connectivity index (χ1) is 16.9. The molecule has 0 aromatic rings. The molecule has 11 nitrogen and oxygen atoms in total. The molecule has 1 fully saturated rings. The minimum absolute atomic E-state index is 0.0772. The molecule has 0 aromatic carbocycles. The third-order valence-electron chi connectivity index (χ3n) is 7.21. The predicted octanol–water partition coefficient (Wildman–Crippen LogP) is 0.845. The van der Waals surface area contributed by atoms with Crippen LogP contribution in [0.3, 0.4) is 0 Å². The summed E-state index contributed by atoms with van der Waals surface area (Å²) in [6, 6.07) is -0.911. The van der Waals surface area contributed by atoms with Gasteiger partial charge in [-0.05, 0) is 25.7 Å². The number of likely N-dealkylation sites (tertiary alicyclic amines) is 1. The molecule has 1 saturated heterocycles. The largest absolute Gasteiger partial charge is 0.480 e. The number of carboxylic acid groups (broad SMARTS) is 1. The summed E-state index contributed by atoms with van der Waals surface area (Å²) in [5, 5.41) is 11.2. The van der Waals surface area contributed by atoms with Crippen molar-refractivity contribution in [2.75, 3.05) is 34.4 Å². The number of carboxylic acids is 1. The number of hydrogen-bond donors (Lipinski definition) is 3.